The molecule has 0 bridgehead atoms. The third kappa shape index (κ3) is 8.43. The minimum atomic E-state index is -0.0141. The normalized spacial score (nSPS) is 25.8. The highest BCUT2D eigenvalue weighted by Gasteiger charge is 2.61. The maximum atomic E-state index is 10.1. The quantitative estimate of drug-likeness (QED) is 0.162. The Morgan fingerprint density at radius 1 is 1.42 bits per heavy atom. The van der Waals surface area contributed by atoms with Crippen LogP contribution in [0.1, 0.15) is 59.8 Å². The number of ether oxygens (including phenoxy) is 1. The van der Waals surface area contributed by atoms with Crippen LogP contribution < -0.4 is 16.4 Å². The summed E-state index contributed by atoms with van der Waals surface area (Å²) in [6.45, 7) is 14.4. The molecule has 5 N–H and O–H groups in total. The van der Waals surface area contributed by atoms with Crippen LogP contribution in [0.4, 0.5) is 0 Å². The molecule has 0 aromatic heterocycles. The molecule has 0 aromatic rings. The molecule has 0 spiro atoms. The highest BCUT2D eigenvalue weighted by Crippen LogP contribution is 2.49. The zero-order chi connectivity index (χ0) is 23.6. The van der Waals surface area contributed by atoms with Gasteiger partial charge in [-0.1, -0.05) is 43.3 Å². The summed E-state index contributed by atoms with van der Waals surface area (Å²) in [5.41, 5.74) is 6.41. The molecule has 0 saturated heterocycles. The number of likely N-dealkylation sites (N-methyl/N-ethyl adjacent to an activating group) is 1. The van der Waals surface area contributed by atoms with Gasteiger partial charge in [0, 0.05) is 54.1 Å². The number of aliphatic hydroxyl groups excluding tert-OH is 1. The minimum Gasteiger partial charge on any atom is -0.402 e. The van der Waals surface area contributed by atoms with Crippen LogP contribution in [0.25, 0.3) is 0 Å². The van der Waals surface area contributed by atoms with Crippen molar-refractivity contribution in [3.8, 4) is 0 Å². The number of hydrogen-bond donors (Lipinski definition) is 4. The van der Waals surface area contributed by atoms with Crippen molar-refractivity contribution in [1.29, 1.82) is 0 Å². The Hall–Kier alpha value is 0.110. The first-order valence-corrected chi connectivity index (χ1v) is 13.3. The largest absolute Gasteiger partial charge is 0.402 e. The first kappa shape index (κ1) is 29.1. The number of nitrogens with two attached hydrogens (primary N) is 1. The summed E-state index contributed by atoms with van der Waals surface area (Å²) >= 11 is 10.1. The van der Waals surface area contributed by atoms with Gasteiger partial charge in [-0.2, -0.15) is 0 Å². The molecule has 0 radical (unpaired) electrons. The smallest absolute Gasteiger partial charge is 0.0704 e. The second-order valence-electron chi connectivity index (χ2n) is 9.00. The zero-order valence-corrected chi connectivity index (χ0v) is 22.5. The van der Waals surface area contributed by atoms with Gasteiger partial charge in [0.1, 0.15) is 0 Å². The SMILES string of the molecule is C=C(N)C[C@H](Cl)C[C@H](C)[C@@]1(NCC)C[C@H]1N([C@H](CC)CO)[C@@H](C)NCC(CCBr)OC. The highest BCUT2D eigenvalue weighted by molar-refractivity contribution is 9.09. The zero-order valence-electron chi connectivity index (χ0n) is 20.2. The Labute approximate surface area is 203 Å². The fourth-order valence-corrected chi connectivity index (χ4v) is 5.90. The van der Waals surface area contributed by atoms with Gasteiger partial charge >= 0.3 is 0 Å². The average Bonchev–Trinajstić information content (AvgIpc) is 3.43. The van der Waals surface area contributed by atoms with Crippen LogP contribution >= 0.6 is 27.5 Å². The molecular weight excluding hydrogens is 480 g/mol. The molecule has 1 aliphatic rings. The van der Waals surface area contributed by atoms with Gasteiger partial charge in [0.15, 0.2) is 0 Å². The lowest BCUT2D eigenvalue weighted by atomic mass is 9.91. The number of nitrogens with one attached hydrogen (secondary N) is 2. The van der Waals surface area contributed by atoms with Crippen molar-refractivity contribution in [2.45, 2.75) is 95.1 Å². The number of allylic oxidation sites excluding steroid dienone is 1. The maximum Gasteiger partial charge on any atom is 0.0704 e. The summed E-state index contributed by atoms with van der Waals surface area (Å²) in [5.74, 6) is 0.380. The van der Waals surface area contributed by atoms with Crippen molar-refractivity contribution in [3.05, 3.63) is 12.3 Å². The Morgan fingerprint density at radius 2 is 2.10 bits per heavy atom. The molecule has 1 saturated carbocycles. The molecule has 0 amide bonds. The van der Waals surface area contributed by atoms with Crippen molar-refractivity contribution in [1.82, 2.24) is 15.5 Å². The lowest BCUT2D eigenvalue weighted by molar-refractivity contribution is 0.0367. The van der Waals surface area contributed by atoms with Crippen molar-refractivity contribution >= 4 is 27.5 Å². The van der Waals surface area contributed by atoms with Gasteiger partial charge < -0.3 is 20.9 Å². The van der Waals surface area contributed by atoms with E-state index in [-0.39, 0.29) is 35.8 Å². The van der Waals surface area contributed by atoms with E-state index in [1.54, 1.807) is 7.11 Å². The minimum absolute atomic E-state index is 0.00708. The van der Waals surface area contributed by atoms with Crippen LogP contribution in [-0.2, 0) is 4.74 Å². The van der Waals surface area contributed by atoms with Crippen LogP contribution in [0.3, 0.4) is 0 Å². The van der Waals surface area contributed by atoms with E-state index in [1.807, 2.05) is 0 Å². The lowest BCUT2D eigenvalue weighted by Crippen LogP contribution is -2.57. The van der Waals surface area contributed by atoms with E-state index in [2.05, 4.69) is 65.7 Å². The number of halogens is 2. The molecule has 0 aliphatic heterocycles. The third-order valence-electron chi connectivity index (χ3n) is 6.76. The van der Waals surface area contributed by atoms with E-state index < -0.39 is 0 Å². The van der Waals surface area contributed by atoms with Crippen LogP contribution in [0.2, 0.25) is 0 Å². The molecule has 184 valence electrons. The van der Waals surface area contributed by atoms with Gasteiger partial charge in [-0.25, -0.2) is 0 Å². The predicted molar refractivity (Wildman–Crippen MR) is 136 cm³/mol. The molecule has 1 fully saturated rings. The highest BCUT2D eigenvalue weighted by atomic mass is 79.9. The standard InChI is InChI=1S/C23H46BrClN4O2/c1-7-20(15-30)29(18(5)27-14-21(31-6)9-10-24)22-13-23(22,28-8-2)16(3)11-19(25)12-17(4)26/h16,18-22,27-28,30H,4,7-15,26H2,1-3,5-6H3/t16-,18-,19+,20+,21?,22+,23-/m0/s1. The molecule has 8 heteroatoms. The lowest BCUT2D eigenvalue weighted by Gasteiger charge is -2.40. The Kier molecular flexibility index (Phi) is 13.5. The summed E-state index contributed by atoms with van der Waals surface area (Å²) in [6.07, 6.45) is 4.71. The van der Waals surface area contributed by atoms with Gasteiger partial charge in [0.05, 0.1) is 18.9 Å². The summed E-state index contributed by atoms with van der Waals surface area (Å²) in [5, 5.41) is 18.5. The Morgan fingerprint density at radius 3 is 2.58 bits per heavy atom. The molecule has 6 nitrogen and oxygen atoms in total. The average molecular weight is 526 g/mol. The number of methoxy groups -OCH3 is 1. The second kappa shape index (κ2) is 14.4. The Bertz CT molecular complexity index is 526. The van der Waals surface area contributed by atoms with E-state index in [9.17, 15) is 5.11 Å². The predicted octanol–water partition coefficient (Wildman–Crippen LogP) is 3.41. The third-order valence-corrected chi connectivity index (χ3v) is 7.55. The Balaban J connectivity index is 2.97. The van der Waals surface area contributed by atoms with Gasteiger partial charge in [-0.05, 0) is 45.1 Å². The molecule has 7 atom stereocenters. The number of hydrogen-bond acceptors (Lipinski definition) is 6. The fourth-order valence-electron chi connectivity index (χ4n) is 4.92. The topological polar surface area (TPSA) is 82.8 Å². The van der Waals surface area contributed by atoms with E-state index in [0.717, 1.165) is 44.1 Å². The monoisotopic (exact) mass is 524 g/mol. The van der Waals surface area contributed by atoms with Crippen LogP contribution in [-0.4, -0.2) is 77.4 Å². The summed E-state index contributed by atoms with van der Waals surface area (Å²) in [4.78, 5) is 2.48. The molecule has 0 heterocycles. The van der Waals surface area contributed by atoms with E-state index in [0.29, 0.717) is 24.1 Å². The van der Waals surface area contributed by atoms with Crippen molar-refractivity contribution in [3.63, 3.8) is 0 Å². The molecule has 1 unspecified atom stereocenters. The summed E-state index contributed by atoms with van der Waals surface area (Å²) < 4.78 is 5.60. The van der Waals surface area contributed by atoms with Crippen LogP contribution in [0.15, 0.2) is 12.3 Å². The number of alkyl halides is 2. The van der Waals surface area contributed by atoms with Gasteiger partial charge in [0.25, 0.3) is 0 Å². The van der Waals surface area contributed by atoms with Crippen molar-refractivity contribution in [2.24, 2.45) is 11.7 Å². The fraction of sp³-hybridized carbons (Fsp3) is 0.913. The van der Waals surface area contributed by atoms with Crippen LogP contribution in [0.5, 0.6) is 0 Å². The van der Waals surface area contributed by atoms with E-state index in [4.69, 9.17) is 22.1 Å². The number of nitrogens with zero attached hydrogens (tertiary/aromatic N) is 1. The molecule has 1 aliphatic carbocycles. The molecule has 1 rings (SSSR count). The van der Waals surface area contributed by atoms with Crippen molar-refractivity contribution < 1.29 is 9.84 Å². The van der Waals surface area contributed by atoms with Crippen molar-refractivity contribution in [2.75, 3.05) is 32.1 Å². The van der Waals surface area contributed by atoms with Crippen LogP contribution in [0, 0.1) is 5.92 Å². The summed E-state index contributed by atoms with van der Waals surface area (Å²) in [6, 6.07) is 0.442. The number of aliphatic hydroxyl groups is 1. The van der Waals surface area contributed by atoms with E-state index in [1.165, 1.54) is 0 Å². The molecule has 0 aromatic carbocycles. The van der Waals surface area contributed by atoms with Gasteiger partial charge in [0.2, 0.25) is 0 Å². The summed E-state index contributed by atoms with van der Waals surface area (Å²) in [7, 11) is 1.76. The van der Waals surface area contributed by atoms with E-state index >= 15 is 0 Å². The number of rotatable bonds is 18. The second-order valence-corrected chi connectivity index (χ2v) is 10.4. The first-order chi connectivity index (χ1) is 14.7. The van der Waals surface area contributed by atoms with Gasteiger partial charge in [-0.15, -0.1) is 11.6 Å². The molecular formula is C23H46BrClN4O2. The van der Waals surface area contributed by atoms with Gasteiger partial charge in [-0.3, -0.25) is 10.2 Å². The maximum absolute atomic E-state index is 10.1. The molecule has 31 heavy (non-hydrogen) atoms. The first-order valence-electron chi connectivity index (χ1n) is 11.7.